The molecule has 1 heterocycles. The van der Waals surface area contributed by atoms with E-state index < -0.39 is 32.2 Å². The average Bonchev–Trinajstić information content (AvgIpc) is 3.03. The second kappa shape index (κ2) is 16.0. The predicted molar refractivity (Wildman–Crippen MR) is 189 cm³/mol. The number of ether oxygens (including phenoxy) is 1. The second-order valence-electron chi connectivity index (χ2n) is 11.3. The highest BCUT2D eigenvalue weighted by Crippen LogP contribution is 2.20. The van der Waals surface area contributed by atoms with Crippen LogP contribution >= 0.6 is 22.6 Å². The Morgan fingerprint density at radius 1 is 1.00 bits per heavy atom. The Bertz CT molecular complexity index is 1920. The molecular weight excluding hydrogens is 755 g/mol. The Hall–Kier alpha value is -3.57. The van der Waals surface area contributed by atoms with Gasteiger partial charge >= 0.3 is 5.97 Å². The van der Waals surface area contributed by atoms with E-state index >= 15 is 0 Å². The van der Waals surface area contributed by atoms with Crippen molar-refractivity contribution in [2.24, 2.45) is 11.7 Å². The molecule has 5 rings (SSSR count). The van der Waals surface area contributed by atoms with Crippen LogP contribution in [0, 0.1) is 21.8 Å². The predicted octanol–water partition coefficient (Wildman–Crippen LogP) is 4.72. The van der Waals surface area contributed by atoms with E-state index in [0.29, 0.717) is 13.1 Å². The molecule has 0 spiro atoms. The molecule has 11 nitrogen and oxygen atoms in total. The molecule has 1 fully saturated rings. The minimum atomic E-state index is -4.02. The quantitative estimate of drug-likeness (QED) is 0.0614. The first-order valence-corrected chi connectivity index (χ1v) is 18.8. The molecule has 1 saturated heterocycles. The zero-order chi connectivity index (χ0) is 34.2. The molecule has 2 atom stereocenters. The van der Waals surface area contributed by atoms with Crippen LogP contribution in [0.1, 0.15) is 24.0 Å². The average molecular weight is 793 g/mol. The van der Waals surface area contributed by atoms with Gasteiger partial charge in [-0.05, 0) is 102 Å². The maximum Gasteiger partial charge on any atom is 0.324 e. The summed E-state index contributed by atoms with van der Waals surface area (Å²) in [4.78, 5) is 15.0. The number of halogens is 1. The first-order valence-electron chi connectivity index (χ1n) is 14.8. The molecule has 14 heteroatoms. The zero-order valence-corrected chi connectivity index (χ0v) is 29.5. The first kappa shape index (κ1) is 36.3. The summed E-state index contributed by atoms with van der Waals surface area (Å²) in [7, 11) is -7.97. The number of nitrogens with two attached hydrogens (primary N) is 1. The van der Waals surface area contributed by atoms with Crippen molar-refractivity contribution >= 4 is 65.4 Å². The Kier molecular flexibility index (Phi) is 12.4. The number of carbonyl (C=O) groups excluding carboxylic acids is 1. The van der Waals surface area contributed by atoms with E-state index in [1.54, 1.807) is 29.2 Å². The van der Waals surface area contributed by atoms with Crippen LogP contribution in [0.5, 0.6) is 0 Å². The smallest absolute Gasteiger partial charge is 0.324 e. The van der Waals surface area contributed by atoms with Gasteiger partial charge in [-0.1, -0.05) is 60.2 Å². The van der Waals surface area contributed by atoms with Gasteiger partial charge in [0.1, 0.15) is 6.04 Å². The third-order valence-corrected chi connectivity index (χ3v) is 10.7. The summed E-state index contributed by atoms with van der Waals surface area (Å²) in [6, 6.07) is 25.0. The molecule has 0 saturated carbocycles. The maximum atomic E-state index is 13.2. The standard InChI is InChI=1S/C26H29IN4O4S.C7H8O3S/c27-22-9-11-23(12-10-22)36(33,34)30-24(15-18-7-8-20-5-1-2-6-21(20)14-18)25(32)35-17-19-4-3-13-31(16-19)26(28)29;1-6-2-4-7(5-3-6)11(8,9)10/h1-2,5-12,14,19,24,30H,3-4,13,15-17H2,(H3,28,29);2-5H,1H3,(H,8,9,10)/t19-,24-;/m1./s1. The third kappa shape index (κ3) is 10.7. The number of hydrogen-bond donors (Lipinski definition) is 4. The van der Waals surface area contributed by atoms with Crippen molar-refractivity contribution in [3.05, 3.63) is 106 Å². The van der Waals surface area contributed by atoms with Crippen molar-refractivity contribution in [1.29, 1.82) is 5.41 Å². The fourth-order valence-electron chi connectivity index (χ4n) is 5.07. The fraction of sp³-hybridized carbons (Fsp3) is 0.273. The van der Waals surface area contributed by atoms with Crippen LogP contribution in [-0.4, -0.2) is 64.0 Å². The third-order valence-electron chi connectivity index (χ3n) is 7.60. The molecule has 0 unspecified atom stereocenters. The monoisotopic (exact) mass is 792 g/mol. The van der Waals surface area contributed by atoms with Crippen molar-refractivity contribution in [2.45, 2.75) is 42.0 Å². The van der Waals surface area contributed by atoms with Gasteiger partial charge in [0.15, 0.2) is 5.96 Å². The highest BCUT2D eigenvalue weighted by molar-refractivity contribution is 14.1. The van der Waals surface area contributed by atoms with Crippen molar-refractivity contribution in [3.8, 4) is 0 Å². The van der Waals surface area contributed by atoms with Gasteiger partial charge < -0.3 is 15.4 Å². The molecule has 1 aliphatic heterocycles. The van der Waals surface area contributed by atoms with Gasteiger partial charge in [-0.15, -0.1) is 0 Å². The molecule has 0 radical (unpaired) electrons. The van der Waals surface area contributed by atoms with Crippen LogP contribution in [-0.2, 0) is 36.1 Å². The minimum Gasteiger partial charge on any atom is -0.464 e. The van der Waals surface area contributed by atoms with E-state index in [9.17, 15) is 21.6 Å². The molecule has 4 aromatic rings. The van der Waals surface area contributed by atoms with Gasteiger partial charge in [0.25, 0.3) is 10.1 Å². The lowest BCUT2D eigenvalue weighted by molar-refractivity contribution is -0.147. The Balaban J connectivity index is 0.000000385. The molecule has 47 heavy (non-hydrogen) atoms. The lowest BCUT2D eigenvalue weighted by Crippen LogP contribution is -2.46. The molecule has 0 aromatic heterocycles. The summed E-state index contributed by atoms with van der Waals surface area (Å²) in [5.74, 6) is -0.594. The highest BCUT2D eigenvalue weighted by Gasteiger charge is 2.29. The second-order valence-corrected chi connectivity index (χ2v) is 15.7. The van der Waals surface area contributed by atoms with Gasteiger partial charge in [-0.3, -0.25) is 14.8 Å². The number of rotatable bonds is 9. The van der Waals surface area contributed by atoms with Crippen molar-refractivity contribution in [2.75, 3.05) is 19.7 Å². The summed E-state index contributed by atoms with van der Waals surface area (Å²) in [5.41, 5.74) is 7.39. The molecule has 4 aromatic carbocycles. The van der Waals surface area contributed by atoms with Crippen LogP contribution < -0.4 is 10.5 Å². The number of nitrogens with one attached hydrogen (secondary N) is 2. The van der Waals surface area contributed by atoms with Crippen LogP contribution in [0.25, 0.3) is 10.8 Å². The van der Waals surface area contributed by atoms with Gasteiger partial charge in [0.05, 0.1) is 16.4 Å². The number of carbonyl (C=O) groups is 1. The summed E-state index contributed by atoms with van der Waals surface area (Å²) < 4.78 is 64.9. The Morgan fingerprint density at radius 2 is 1.64 bits per heavy atom. The summed E-state index contributed by atoms with van der Waals surface area (Å²) in [6.45, 7) is 3.22. The van der Waals surface area contributed by atoms with E-state index in [0.717, 1.165) is 38.3 Å². The van der Waals surface area contributed by atoms with E-state index in [2.05, 4.69) is 27.3 Å². The minimum absolute atomic E-state index is 0.00508. The molecule has 250 valence electrons. The van der Waals surface area contributed by atoms with Crippen LogP contribution in [0.2, 0.25) is 0 Å². The van der Waals surface area contributed by atoms with E-state index in [-0.39, 0.29) is 34.7 Å². The highest BCUT2D eigenvalue weighted by atomic mass is 127. The lowest BCUT2D eigenvalue weighted by atomic mass is 9.99. The number of guanidine groups is 1. The molecule has 0 amide bonds. The number of benzene rings is 4. The summed E-state index contributed by atoms with van der Waals surface area (Å²) >= 11 is 2.11. The number of nitrogens with zero attached hydrogens (tertiary/aromatic N) is 1. The topological polar surface area (TPSA) is 180 Å². The first-order chi connectivity index (χ1) is 22.2. The Labute approximate surface area is 289 Å². The SMILES string of the molecule is Cc1ccc(S(=O)(=O)O)cc1.N=C(N)N1CCC[C@@H](COC(=O)[C@@H](Cc2ccc3ccccc3c2)NS(=O)(=O)c2ccc(I)cc2)C1. The molecule has 1 aliphatic rings. The number of fused-ring (bicyclic) bond motifs is 1. The Morgan fingerprint density at radius 3 is 2.28 bits per heavy atom. The lowest BCUT2D eigenvalue weighted by Gasteiger charge is -2.32. The number of aryl methyl sites for hydroxylation is 1. The maximum absolute atomic E-state index is 13.2. The number of hydrogen-bond acceptors (Lipinski definition) is 7. The van der Waals surface area contributed by atoms with Gasteiger partial charge in [-0.25, -0.2) is 8.42 Å². The number of sulfonamides is 1. The summed E-state index contributed by atoms with van der Waals surface area (Å²) in [5, 5.41) is 9.73. The number of esters is 1. The van der Waals surface area contributed by atoms with E-state index in [4.69, 9.17) is 20.4 Å². The number of piperidine rings is 1. The van der Waals surface area contributed by atoms with E-state index in [1.165, 1.54) is 24.3 Å². The van der Waals surface area contributed by atoms with Crippen LogP contribution in [0.3, 0.4) is 0 Å². The van der Waals surface area contributed by atoms with Gasteiger partial charge in [-0.2, -0.15) is 13.1 Å². The summed E-state index contributed by atoms with van der Waals surface area (Å²) in [6.07, 6.45) is 1.85. The largest absolute Gasteiger partial charge is 0.464 e. The molecule has 5 N–H and O–H groups in total. The molecule has 0 aliphatic carbocycles. The van der Waals surface area contributed by atoms with Gasteiger partial charge in [0.2, 0.25) is 10.0 Å². The fourth-order valence-corrected chi connectivity index (χ4v) is 7.10. The van der Waals surface area contributed by atoms with Crippen LogP contribution in [0.4, 0.5) is 0 Å². The van der Waals surface area contributed by atoms with Gasteiger partial charge in [0, 0.05) is 22.6 Å². The molecule has 0 bridgehead atoms. The van der Waals surface area contributed by atoms with Crippen molar-refractivity contribution < 1.29 is 30.9 Å². The van der Waals surface area contributed by atoms with Crippen LogP contribution in [0.15, 0.2) is 101 Å². The van der Waals surface area contributed by atoms with E-state index in [1.807, 2.05) is 49.4 Å². The normalized spacial score (nSPS) is 15.7. The van der Waals surface area contributed by atoms with Crippen molar-refractivity contribution in [1.82, 2.24) is 9.62 Å². The molecular formula is C33H37IN4O7S2. The van der Waals surface area contributed by atoms with Crippen molar-refractivity contribution in [3.63, 3.8) is 0 Å². The number of likely N-dealkylation sites (tertiary alicyclic amines) is 1. The zero-order valence-electron chi connectivity index (χ0n) is 25.7.